The molecule has 0 aromatic carbocycles. The van der Waals surface area contributed by atoms with Crippen molar-refractivity contribution in [2.24, 2.45) is 0 Å². The number of hydrogen-bond acceptors (Lipinski definition) is 4. The second-order valence-corrected chi connectivity index (χ2v) is 5.47. The van der Waals surface area contributed by atoms with Crippen LogP contribution in [-0.4, -0.2) is 50.6 Å². The van der Waals surface area contributed by atoms with E-state index in [4.69, 9.17) is 4.42 Å². The minimum absolute atomic E-state index is 0.889. The van der Waals surface area contributed by atoms with E-state index in [1.54, 1.807) is 0 Å². The van der Waals surface area contributed by atoms with E-state index in [2.05, 4.69) is 49.2 Å². The van der Waals surface area contributed by atoms with Crippen LogP contribution in [0.15, 0.2) is 10.5 Å². The van der Waals surface area contributed by atoms with E-state index in [1.165, 1.54) is 12.0 Å². The second kappa shape index (κ2) is 8.35. The third-order valence-corrected chi connectivity index (χ3v) is 3.21. The molecule has 1 aromatic heterocycles. The summed E-state index contributed by atoms with van der Waals surface area (Å²) in [4.78, 5) is 4.54. The molecule has 1 aromatic rings. The molecule has 0 bridgehead atoms. The molecule has 0 saturated heterocycles. The fourth-order valence-electron chi connectivity index (χ4n) is 2.10. The van der Waals surface area contributed by atoms with Gasteiger partial charge in [0.25, 0.3) is 0 Å². The number of rotatable bonds is 9. The van der Waals surface area contributed by atoms with Gasteiger partial charge in [-0.05, 0) is 60.2 Å². The van der Waals surface area contributed by atoms with Gasteiger partial charge < -0.3 is 14.6 Å². The molecule has 110 valence electrons. The number of nitrogens with zero attached hydrogens (tertiary/aromatic N) is 2. The van der Waals surface area contributed by atoms with Crippen LogP contribution in [0.1, 0.15) is 30.4 Å². The lowest BCUT2D eigenvalue weighted by Gasteiger charge is -2.16. The Labute approximate surface area is 117 Å². The summed E-state index contributed by atoms with van der Waals surface area (Å²) in [5, 5.41) is 3.34. The zero-order chi connectivity index (χ0) is 14.3. The highest BCUT2D eigenvalue weighted by molar-refractivity contribution is 5.20. The van der Waals surface area contributed by atoms with Gasteiger partial charge in [0.05, 0.1) is 6.54 Å². The Kier molecular flexibility index (Phi) is 7.13. The summed E-state index contributed by atoms with van der Waals surface area (Å²) >= 11 is 0. The molecule has 0 aliphatic heterocycles. The summed E-state index contributed by atoms with van der Waals surface area (Å²) in [7, 11) is 6.38. The second-order valence-electron chi connectivity index (χ2n) is 5.47. The van der Waals surface area contributed by atoms with E-state index in [1.807, 2.05) is 6.92 Å². The van der Waals surface area contributed by atoms with Crippen molar-refractivity contribution in [2.45, 2.75) is 33.4 Å². The van der Waals surface area contributed by atoms with Gasteiger partial charge in [-0.2, -0.15) is 0 Å². The van der Waals surface area contributed by atoms with Gasteiger partial charge >= 0.3 is 0 Å². The van der Waals surface area contributed by atoms with Gasteiger partial charge in [0.15, 0.2) is 0 Å². The molecular weight excluding hydrogens is 238 g/mol. The normalized spacial score (nSPS) is 11.7. The van der Waals surface area contributed by atoms with Crippen LogP contribution in [0.2, 0.25) is 0 Å². The Balaban J connectivity index is 2.39. The van der Waals surface area contributed by atoms with E-state index >= 15 is 0 Å². The van der Waals surface area contributed by atoms with Crippen LogP contribution in [0, 0.1) is 6.92 Å². The van der Waals surface area contributed by atoms with Gasteiger partial charge in [-0.25, -0.2) is 0 Å². The van der Waals surface area contributed by atoms with Crippen molar-refractivity contribution < 1.29 is 4.42 Å². The number of hydrogen-bond donors (Lipinski definition) is 1. The third-order valence-electron chi connectivity index (χ3n) is 3.21. The maximum Gasteiger partial charge on any atom is 0.118 e. The minimum atomic E-state index is 0.889. The van der Waals surface area contributed by atoms with Crippen molar-refractivity contribution in [2.75, 3.05) is 40.8 Å². The zero-order valence-corrected chi connectivity index (χ0v) is 13.1. The number of aryl methyl sites for hydroxylation is 1. The molecule has 1 N–H and O–H groups in total. The highest BCUT2D eigenvalue weighted by Crippen LogP contribution is 2.16. The monoisotopic (exact) mass is 267 g/mol. The first-order valence-electron chi connectivity index (χ1n) is 7.15. The predicted octanol–water partition coefficient (Wildman–Crippen LogP) is 2.08. The average molecular weight is 267 g/mol. The molecular formula is C15H29N3O. The Hall–Kier alpha value is -0.840. The van der Waals surface area contributed by atoms with Crippen LogP contribution in [0.25, 0.3) is 0 Å². The molecule has 0 radical (unpaired) electrons. The first kappa shape index (κ1) is 16.2. The van der Waals surface area contributed by atoms with Crippen molar-refractivity contribution in [3.63, 3.8) is 0 Å². The smallest absolute Gasteiger partial charge is 0.118 e. The van der Waals surface area contributed by atoms with Gasteiger partial charge in [-0.15, -0.1) is 0 Å². The van der Waals surface area contributed by atoms with Crippen LogP contribution >= 0.6 is 0 Å². The van der Waals surface area contributed by atoms with Crippen LogP contribution < -0.4 is 5.32 Å². The maximum absolute atomic E-state index is 5.82. The maximum atomic E-state index is 5.82. The Bertz CT molecular complexity index is 360. The van der Waals surface area contributed by atoms with Crippen LogP contribution in [0.5, 0.6) is 0 Å². The standard InChI is InChI=1S/C15H29N3O/c1-6-16-11-14-10-15(19-13(14)2)12-18(5)9-7-8-17(3)4/h10,16H,6-9,11-12H2,1-5H3. The largest absolute Gasteiger partial charge is 0.465 e. The van der Waals surface area contributed by atoms with E-state index in [0.29, 0.717) is 0 Å². The minimum Gasteiger partial charge on any atom is -0.465 e. The predicted molar refractivity (Wildman–Crippen MR) is 80.3 cm³/mol. The summed E-state index contributed by atoms with van der Waals surface area (Å²) in [6, 6.07) is 2.18. The molecule has 19 heavy (non-hydrogen) atoms. The summed E-state index contributed by atoms with van der Waals surface area (Å²) in [5.74, 6) is 2.11. The molecule has 0 aliphatic rings. The number of furan rings is 1. The topological polar surface area (TPSA) is 31.6 Å². The lowest BCUT2D eigenvalue weighted by atomic mass is 10.2. The van der Waals surface area contributed by atoms with Gasteiger partial charge in [0, 0.05) is 12.1 Å². The molecule has 0 unspecified atom stereocenters. The first-order chi connectivity index (χ1) is 9.02. The van der Waals surface area contributed by atoms with Crippen LogP contribution in [0.4, 0.5) is 0 Å². The van der Waals surface area contributed by atoms with Crippen molar-refractivity contribution >= 4 is 0 Å². The fourth-order valence-corrected chi connectivity index (χ4v) is 2.10. The van der Waals surface area contributed by atoms with E-state index in [-0.39, 0.29) is 0 Å². The van der Waals surface area contributed by atoms with E-state index < -0.39 is 0 Å². The molecule has 4 nitrogen and oxygen atoms in total. The molecule has 0 saturated carbocycles. The first-order valence-corrected chi connectivity index (χ1v) is 7.15. The zero-order valence-electron chi connectivity index (χ0n) is 13.1. The molecule has 0 atom stereocenters. The van der Waals surface area contributed by atoms with Gasteiger partial charge in [-0.1, -0.05) is 6.92 Å². The van der Waals surface area contributed by atoms with Crippen molar-refractivity contribution in [1.29, 1.82) is 0 Å². The average Bonchev–Trinajstić information content (AvgIpc) is 2.66. The van der Waals surface area contributed by atoms with Crippen LogP contribution in [-0.2, 0) is 13.1 Å². The molecule has 0 amide bonds. The van der Waals surface area contributed by atoms with Crippen LogP contribution in [0.3, 0.4) is 0 Å². The molecule has 0 spiro atoms. The summed E-state index contributed by atoms with van der Waals surface area (Å²) in [6.07, 6.45) is 1.19. The highest BCUT2D eigenvalue weighted by atomic mass is 16.3. The Morgan fingerprint density at radius 2 is 1.95 bits per heavy atom. The summed E-state index contributed by atoms with van der Waals surface area (Å²) < 4.78 is 5.82. The Morgan fingerprint density at radius 1 is 1.21 bits per heavy atom. The lowest BCUT2D eigenvalue weighted by molar-refractivity contribution is 0.271. The molecule has 4 heteroatoms. The molecule has 1 rings (SSSR count). The SMILES string of the molecule is CCNCc1cc(CN(C)CCCN(C)C)oc1C. The van der Waals surface area contributed by atoms with E-state index in [0.717, 1.165) is 44.2 Å². The highest BCUT2D eigenvalue weighted by Gasteiger charge is 2.09. The van der Waals surface area contributed by atoms with Gasteiger partial charge in [-0.3, -0.25) is 4.90 Å². The molecule has 1 heterocycles. The summed E-state index contributed by atoms with van der Waals surface area (Å²) in [5.41, 5.74) is 1.28. The Morgan fingerprint density at radius 3 is 2.58 bits per heavy atom. The van der Waals surface area contributed by atoms with Crippen molar-refractivity contribution in [3.8, 4) is 0 Å². The van der Waals surface area contributed by atoms with Crippen molar-refractivity contribution in [3.05, 3.63) is 23.2 Å². The quantitative estimate of drug-likeness (QED) is 0.742. The fraction of sp³-hybridized carbons (Fsp3) is 0.733. The number of nitrogens with one attached hydrogen (secondary N) is 1. The van der Waals surface area contributed by atoms with Gasteiger partial charge in [0.2, 0.25) is 0 Å². The van der Waals surface area contributed by atoms with Crippen molar-refractivity contribution in [1.82, 2.24) is 15.1 Å². The molecule has 0 fully saturated rings. The van der Waals surface area contributed by atoms with Gasteiger partial charge in [0.1, 0.15) is 11.5 Å². The van der Waals surface area contributed by atoms with E-state index in [9.17, 15) is 0 Å². The third kappa shape index (κ3) is 6.23. The molecule has 0 aliphatic carbocycles. The summed E-state index contributed by atoms with van der Waals surface area (Å²) in [6.45, 7) is 9.17. The lowest BCUT2D eigenvalue weighted by Crippen LogP contribution is -2.23.